The molecular weight excluding hydrogens is 292 g/mol. The van der Waals surface area contributed by atoms with Crippen LogP contribution in [0, 0.1) is 11.8 Å². The molecular formula is C18H28N2O3. The molecule has 1 aliphatic rings. The van der Waals surface area contributed by atoms with Crippen molar-refractivity contribution >= 4 is 5.91 Å². The van der Waals surface area contributed by atoms with Crippen molar-refractivity contribution in [3.63, 3.8) is 0 Å². The monoisotopic (exact) mass is 320 g/mol. The van der Waals surface area contributed by atoms with Crippen LogP contribution in [0.3, 0.4) is 0 Å². The third-order valence-corrected chi connectivity index (χ3v) is 4.31. The Morgan fingerprint density at radius 1 is 1.22 bits per heavy atom. The summed E-state index contributed by atoms with van der Waals surface area (Å²) in [7, 11) is 3.11. The Kier molecular flexibility index (Phi) is 6.28. The third kappa shape index (κ3) is 4.61. The normalized spacial score (nSPS) is 21.7. The van der Waals surface area contributed by atoms with Gasteiger partial charge in [0.05, 0.1) is 19.8 Å². The van der Waals surface area contributed by atoms with Crippen LogP contribution in [0.4, 0.5) is 0 Å². The third-order valence-electron chi connectivity index (χ3n) is 4.31. The van der Waals surface area contributed by atoms with E-state index < -0.39 is 0 Å². The minimum Gasteiger partial charge on any atom is -0.493 e. The Morgan fingerprint density at radius 3 is 2.52 bits per heavy atom. The molecule has 2 unspecified atom stereocenters. The lowest BCUT2D eigenvalue weighted by Gasteiger charge is -2.34. The zero-order chi connectivity index (χ0) is 16.8. The quantitative estimate of drug-likeness (QED) is 0.874. The number of rotatable bonds is 6. The van der Waals surface area contributed by atoms with E-state index in [2.05, 4.69) is 24.1 Å². The van der Waals surface area contributed by atoms with Crippen LogP contribution in [-0.2, 0) is 0 Å². The van der Waals surface area contributed by atoms with E-state index in [0.717, 1.165) is 31.5 Å². The molecule has 0 spiro atoms. The smallest absolute Gasteiger partial charge is 0.255 e. The Labute approximate surface area is 139 Å². The molecule has 1 amide bonds. The molecule has 1 aliphatic heterocycles. The van der Waals surface area contributed by atoms with Gasteiger partial charge in [0.2, 0.25) is 0 Å². The van der Waals surface area contributed by atoms with Crippen molar-refractivity contribution in [2.45, 2.75) is 20.3 Å². The highest BCUT2D eigenvalue weighted by molar-refractivity contribution is 5.97. The molecule has 1 saturated heterocycles. The molecule has 5 heteroatoms. The minimum atomic E-state index is -0.126. The maximum absolute atomic E-state index is 12.4. The number of nitrogens with zero attached hydrogens (tertiary/aromatic N) is 1. The lowest BCUT2D eigenvalue weighted by molar-refractivity contribution is 0.0933. The molecule has 2 rings (SSSR count). The first kappa shape index (κ1) is 17.6. The van der Waals surface area contributed by atoms with Gasteiger partial charge in [-0.3, -0.25) is 4.79 Å². The Balaban J connectivity index is 1.90. The van der Waals surface area contributed by atoms with E-state index in [1.165, 1.54) is 6.42 Å². The SMILES string of the molecule is COc1cccc(C(=O)NCCN2CC(C)CC(C)C2)c1OC. The molecule has 2 atom stereocenters. The Morgan fingerprint density at radius 2 is 1.91 bits per heavy atom. The second-order valence-electron chi connectivity index (χ2n) is 6.50. The molecule has 1 N–H and O–H groups in total. The minimum absolute atomic E-state index is 0.126. The topological polar surface area (TPSA) is 50.8 Å². The predicted molar refractivity (Wildman–Crippen MR) is 91.3 cm³/mol. The standard InChI is InChI=1S/C18H28N2O3/c1-13-10-14(2)12-20(11-13)9-8-19-18(21)15-6-5-7-16(22-3)17(15)23-4/h5-7,13-14H,8-12H2,1-4H3,(H,19,21). The van der Waals surface area contributed by atoms with Gasteiger partial charge in [0.15, 0.2) is 11.5 Å². The second-order valence-corrected chi connectivity index (χ2v) is 6.50. The number of para-hydroxylation sites is 1. The van der Waals surface area contributed by atoms with Crippen LogP contribution >= 0.6 is 0 Å². The summed E-state index contributed by atoms with van der Waals surface area (Å²) in [5.41, 5.74) is 0.507. The van der Waals surface area contributed by atoms with E-state index in [4.69, 9.17) is 9.47 Å². The summed E-state index contributed by atoms with van der Waals surface area (Å²) in [5, 5.41) is 2.99. The summed E-state index contributed by atoms with van der Waals surface area (Å²) in [6.45, 7) is 8.33. The lowest BCUT2D eigenvalue weighted by Crippen LogP contribution is -2.42. The zero-order valence-corrected chi connectivity index (χ0v) is 14.6. The molecule has 1 heterocycles. The van der Waals surface area contributed by atoms with Crippen molar-refractivity contribution in [3.8, 4) is 11.5 Å². The molecule has 23 heavy (non-hydrogen) atoms. The molecule has 128 valence electrons. The summed E-state index contributed by atoms with van der Waals surface area (Å²) in [6, 6.07) is 5.33. The highest BCUT2D eigenvalue weighted by atomic mass is 16.5. The molecule has 1 aromatic rings. The molecule has 0 saturated carbocycles. The van der Waals surface area contributed by atoms with Crippen molar-refractivity contribution in [2.24, 2.45) is 11.8 Å². The van der Waals surface area contributed by atoms with Gasteiger partial charge in [-0.15, -0.1) is 0 Å². The fourth-order valence-corrected chi connectivity index (χ4v) is 3.46. The largest absolute Gasteiger partial charge is 0.493 e. The number of hydrogen-bond acceptors (Lipinski definition) is 4. The van der Waals surface area contributed by atoms with E-state index in [1.54, 1.807) is 32.4 Å². The van der Waals surface area contributed by atoms with E-state index >= 15 is 0 Å². The van der Waals surface area contributed by atoms with Crippen LogP contribution < -0.4 is 14.8 Å². The van der Waals surface area contributed by atoms with E-state index in [1.807, 2.05) is 0 Å². The molecule has 0 radical (unpaired) electrons. The summed E-state index contributed by atoms with van der Waals surface area (Å²) >= 11 is 0. The average molecular weight is 320 g/mol. The van der Waals surface area contributed by atoms with Crippen molar-refractivity contribution in [3.05, 3.63) is 23.8 Å². The number of benzene rings is 1. The number of carbonyl (C=O) groups is 1. The number of piperidine rings is 1. The first-order valence-electron chi connectivity index (χ1n) is 8.26. The highest BCUT2D eigenvalue weighted by Crippen LogP contribution is 2.30. The highest BCUT2D eigenvalue weighted by Gasteiger charge is 2.22. The summed E-state index contributed by atoms with van der Waals surface area (Å²) < 4.78 is 10.6. The zero-order valence-electron chi connectivity index (χ0n) is 14.6. The molecule has 0 aliphatic carbocycles. The van der Waals surface area contributed by atoms with Crippen molar-refractivity contribution in [1.82, 2.24) is 10.2 Å². The number of likely N-dealkylation sites (tertiary alicyclic amines) is 1. The number of hydrogen-bond donors (Lipinski definition) is 1. The second kappa shape index (κ2) is 8.20. The number of carbonyl (C=O) groups excluding carboxylic acids is 1. The van der Waals surface area contributed by atoms with E-state index in [0.29, 0.717) is 23.6 Å². The van der Waals surface area contributed by atoms with Gasteiger partial charge in [-0.05, 0) is 30.4 Å². The van der Waals surface area contributed by atoms with Gasteiger partial charge in [0.25, 0.3) is 5.91 Å². The van der Waals surface area contributed by atoms with Gasteiger partial charge in [-0.2, -0.15) is 0 Å². The van der Waals surface area contributed by atoms with Crippen LogP contribution in [0.1, 0.15) is 30.6 Å². The fraction of sp³-hybridized carbons (Fsp3) is 0.611. The Bertz CT molecular complexity index is 523. The number of nitrogens with one attached hydrogen (secondary N) is 1. The van der Waals surface area contributed by atoms with Crippen LogP contribution in [0.15, 0.2) is 18.2 Å². The van der Waals surface area contributed by atoms with Crippen LogP contribution in [0.2, 0.25) is 0 Å². The van der Waals surface area contributed by atoms with E-state index in [9.17, 15) is 4.79 Å². The average Bonchev–Trinajstić information content (AvgIpc) is 2.52. The van der Waals surface area contributed by atoms with Gasteiger partial charge in [-0.1, -0.05) is 19.9 Å². The fourth-order valence-electron chi connectivity index (χ4n) is 3.46. The van der Waals surface area contributed by atoms with Gasteiger partial charge < -0.3 is 19.7 Å². The van der Waals surface area contributed by atoms with Crippen molar-refractivity contribution in [2.75, 3.05) is 40.4 Å². The number of methoxy groups -OCH3 is 2. The molecule has 1 aromatic carbocycles. The lowest BCUT2D eigenvalue weighted by atomic mass is 9.92. The molecule has 0 bridgehead atoms. The van der Waals surface area contributed by atoms with E-state index in [-0.39, 0.29) is 5.91 Å². The maximum Gasteiger partial charge on any atom is 0.255 e. The van der Waals surface area contributed by atoms with Crippen LogP contribution in [0.25, 0.3) is 0 Å². The number of ether oxygens (including phenoxy) is 2. The molecule has 5 nitrogen and oxygen atoms in total. The van der Waals surface area contributed by atoms with Gasteiger partial charge in [-0.25, -0.2) is 0 Å². The first-order valence-corrected chi connectivity index (χ1v) is 8.26. The van der Waals surface area contributed by atoms with Crippen molar-refractivity contribution < 1.29 is 14.3 Å². The maximum atomic E-state index is 12.4. The first-order chi connectivity index (χ1) is 11.0. The summed E-state index contributed by atoms with van der Waals surface area (Å²) in [4.78, 5) is 14.8. The van der Waals surface area contributed by atoms with Crippen LogP contribution in [0.5, 0.6) is 11.5 Å². The molecule has 1 fully saturated rings. The summed E-state index contributed by atoms with van der Waals surface area (Å²) in [5.74, 6) is 2.38. The Hall–Kier alpha value is -1.75. The number of amides is 1. The summed E-state index contributed by atoms with van der Waals surface area (Å²) in [6.07, 6.45) is 1.30. The van der Waals surface area contributed by atoms with Crippen molar-refractivity contribution in [1.29, 1.82) is 0 Å². The van der Waals surface area contributed by atoms with Gasteiger partial charge in [0.1, 0.15) is 0 Å². The predicted octanol–water partition coefficient (Wildman–Crippen LogP) is 2.41. The van der Waals surface area contributed by atoms with Crippen LogP contribution in [-0.4, -0.2) is 51.2 Å². The van der Waals surface area contributed by atoms with Gasteiger partial charge in [0, 0.05) is 26.2 Å². The molecule has 0 aromatic heterocycles. The van der Waals surface area contributed by atoms with Gasteiger partial charge >= 0.3 is 0 Å².